The van der Waals surface area contributed by atoms with Crippen molar-refractivity contribution in [2.75, 3.05) is 37.8 Å². The zero-order chi connectivity index (χ0) is 28.8. The molecule has 1 aromatic heterocycles. The zero-order valence-corrected chi connectivity index (χ0v) is 25.2. The standard InChI is InChI=1S/C28H26BrN3O7S2/c1-2-39-19-13-15(3-8-18(19)33)21-22-23(26(36)32(25(22)35)17-6-4-16(29)5-7-17)40-27-24(21)41-28(37)31(27)14-20(34)30-9-11-38-12-10-30/h3-8,13,21-23,33H,2,9-12,14H2,1H3/t21-,22+,23-/m0/s1. The van der Waals surface area contributed by atoms with Crippen molar-refractivity contribution < 1.29 is 29.0 Å². The number of morpholine rings is 1. The number of phenols is 1. The van der Waals surface area contributed by atoms with Gasteiger partial charge < -0.3 is 19.5 Å². The molecule has 1 N–H and O–H groups in total. The lowest BCUT2D eigenvalue weighted by molar-refractivity contribution is -0.136. The van der Waals surface area contributed by atoms with Crippen LogP contribution in [0.4, 0.5) is 5.69 Å². The molecule has 0 radical (unpaired) electrons. The number of carbonyl (C=O) groups is 3. The Balaban J connectivity index is 1.45. The summed E-state index contributed by atoms with van der Waals surface area (Å²) in [6.45, 7) is 3.72. The van der Waals surface area contributed by atoms with E-state index in [9.17, 15) is 24.3 Å². The van der Waals surface area contributed by atoms with E-state index in [4.69, 9.17) is 9.47 Å². The number of hydrogen-bond donors (Lipinski definition) is 1. The molecular weight excluding hydrogens is 634 g/mol. The van der Waals surface area contributed by atoms with Crippen molar-refractivity contribution >= 4 is 62.4 Å². The van der Waals surface area contributed by atoms with Gasteiger partial charge >= 0.3 is 4.87 Å². The number of hydrogen-bond acceptors (Lipinski definition) is 9. The highest BCUT2D eigenvalue weighted by molar-refractivity contribution is 9.10. The average Bonchev–Trinajstić information content (AvgIpc) is 3.41. The van der Waals surface area contributed by atoms with E-state index in [0.717, 1.165) is 15.8 Å². The van der Waals surface area contributed by atoms with Gasteiger partial charge in [0.05, 0.1) is 36.5 Å². The van der Waals surface area contributed by atoms with E-state index in [1.54, 1.807) is 48.2 Å². The van der Waals surface area contributed by atoms with E-state index in [1.807, 2.05) is 0 Å². The molecule has 2 saturated heterocycles. The number of carbonyl (C=O) groups excluding carboxylic acids is 3. The van der Waals surface area contributed by atoms with Crippen molar-refractivity contribution in [3.8, 4) is 11.5 Å². The van der Waals surface area contributed by atoms with Crippen LogP contribution in [0.25, 0.3) is 0 Å². The monoisotopic (exact) mass is 659 g/mol. The van der Waals surface area contributed by atoms with Gasteiger partial charge in [-0.2, -0.15) is 0 Å². The molecule has 0 saturated carbocycles. The van der Waals surface area contributed by atoms with Crippen LogP contribution in [0.2, 0.25) is 0 Å². The number of anilines is 1. The van der Waals surface area contributed by atoms with Crippen LogP contribution in [-0.2, 0) is 25.7 Å². The fraction of sp³-hybridized carbons (Fsp3) is 0.357. The van der Waals surface area contributed by atoms with Gasteiger partial charge in [-0.1, -0.05) is 45.1 Å². The topological polar surface area (TPSA) is 118 Å². The highest BCUT2D eigenvalue weighted by Gasteiger charge is 2.57. The molecule has 3 aliphatic rings. The smallest absolute Gasteiger partial charge is 0.308 e. The minimum atomic E-state index is -0.813. The van der Waals surface area contributed by atoms with Crippen molar-refractivity contribution in [2.24, 2.45) is 5.92 Å². The Morgan fingerprint density at radius 1 is 1.10 bits per heavy atom. The summed E-state index contributed by atoms with van der Waals surface area (Å²) in [5.41, 5.74) is 1.09. The molecule has 6 rings (SSSR count). The van der Waals surface area contributed by atoms with Crippen molar-refractivity contribution in [3.05, 3.63) is 67.0 Å². The second-order valence-electron chi connectivity index (χ2n) is 9.81. The van der Waals surface area contributed by atoms with Gasteiger partial charge in [-0.15, -0.1) is 0 Å². The van der Waals surface area contributed by atoms with Crippen LogP contribution in [0.5, 0.6) is 11.5 Å². The summed E-state index contributed by atoms with van der Waals surface area (Å²) < 4.78 is 13.2. The van der Waals surface area contributed by atoms with Gasteiger partial charge in [-0.3, -0.25) is 23.7 Å². The number of halogens is 1. The first kappa shape index (κ1) is 28.0. The highest BCUT2D eigenvalue weighted by atomic mass is 79.9. The van der Waals surface area contributed by atoms with Gasteiger partial charge in [-0.05, 0) is 48.9 Å². The molecule has 0 spiro atoms. The van der Waals surface area contributed by atoms with E-state index >= 15 is 0 Å². The summed E-state index contributed by atoms with van der Waals surface area (Å²) in [4.78, 5) is 57.6. The maximum absolute atomic E-state index is 14.0. The molecule has 3 aromatic rings. The molecule has 214 valence electrons. The number of thiazole rings is 1. The van der Waals surface area contributed by atoms with Gasteiger partial charge in [0.15, 0.2) is 11.5 Å². The lowest BCUT2D eigenvalue weighted by Crippen LogP contribution is -2.43. The van der Waals surface area contributed by atoms with E-state index < -0.39 is 17.1 Å². The van der Waals surface area contributed by atoms with E-state index in [1.165, 1.54) is 27.3 Å². The maximum atomic E-state index is 14.0. The minimum absolute atomic E-state index is 0.0512. The van der Waals surface area contributed by atoms with Crippen molar-refractivity contribution in [2.45, 2.75) is 29.7 Å². The second kappa shape index (κ2) is 11.3. The summed E-state index contributed by atoms with van der Waals surface area (Å²) in [5, 5.41) is 10.1. The number of fused-ring (bicyclic) bond motifs is 2. The average molecular weight is 661 g/mol. The molecule has 10 nitrogen and oxygen atoms in total. The molecule has 13 heteroatoms. The van der Waals surface area contributed by atoms with Crippen LogP contribution >= 0.6 is 39.0 Å². The Morgan fingerprint density at radius 3 is 2.54 bits per heavy atom. The van der Waals surface area contributed by atoms with Gasteiger partial charge in [-0.25, -0.2) is 4.90 Å². The van der Waals surface area contributed by atoms with Gasteiger partial charge in [0.1, 0.15) is 11.8 Å². The van der Waals surface area contributed by atoms with Crippen molar-refractivity contribution in [3.63, 3.8) is 0 Å². The molecule has 3 amide bonds. The number of rotatable bonds is 6. The third-order valence-corrected chi connectivity index (χ3v) is 10.6. The fourth-order valence-electron chi connectivity index (χ4n) is 5.50. The number of amides is 3. The van der Waals surface area contributed by atoms with Crippen LogP contribution in [0.15, 0.2) is 56.8 Å². The van der Waals surface area contributed by atoms with Gasteiger partial charge in [0.2, 0.25) is 17.7 Å². The minimum Gasteiger partial charge on any atom is -0.504 e. The number of phenolic OH excluding ortho intramolecular Hbond substituents is 1. The van der Waals surface area contributed by atoms with Crippen molar-refractivity contribution in [1.29, 1.82) is 0 Å². The Labute approximate surface area is 252 Å². The molecule has 41 heavy (non-hydrogen) atoms. The number of ether oxygens (including phenoxy) is 2. The van der Waals surface area contributed by atoms with Gasteiger partial charge in [0.25, 0.3) is 0 Å². The first-order chi connectivity index (χ1) is 19.8. The molecule has 4 heterocycles. The van der Waals surface area contributed by atoms with Gasteiger partial charge in [0, 0.05) is 28.4 Å². The SMILES string of the molecule is CCOc1cc([C@@H]2c3sc(=O)n(CC(=O)N4CCOCC4)c3S[C@@H]3C(=O)N(c4ccc(Br)cc4)C(=O)[C@H]23)ccc1O. The third-order valence-electron chi connectivity index (χ3n) is 7.43. The molecule has 3 atom stereocenters. The summed E-state index contributed by atoms with van der Waals surface area (Å²) in [6.07, 6.45) is 0. The predicted molar refractivity (Wildman–Crippen MR) is 157 cm³/mol. The van der Waals surface area contributed by atoms with Crippen LogP contribution in [0.3, 0.4) is 0 Å². The largest absolute Gasteiger partial charge is 0.504 e. The fourth-order valence-corrected chi connectivity index (χ4v) is 8.54. The van der Waals surface area contributed by atoms with E-state index in [2.05, 4.69) is 15.9 Å². The quantitative estimate of drug-likeness (QED) is 0.400. The first-order valence-corrected chi connectivity index (χ1v) is 15.6. The molecule has 2 fully saturated rings. The number of aromatic hydroxyl groups is 1. The Bertz CT molecular complexity index is 1580. The Hall–Kier alpha value is -3.13. The normalized spacial score (nSPS) is 22.0. The lowest BCUT2D eigenvalue weighted by atomic mass is 9.83. The van der Waals surface area contributed by atoms with Crippen LogP contribution in [0, 0.1) is 5.92 Å². The number of thioether (sulfide) groups is 1. The van der Waals surface area contributed by atoms with Crippen LogP contribution in [-0.4, -0.2) is 70.5 Å². The lowest BCUT2D eigenvalue weighted by Gasteiger charge is -2.31. The van der Waals surface area contributed by atoms with Crippen molar-refractivity contribution in [1.82, 2.24) is 9.47 Å². The number of nitrogens with zero attached hydrogens (tertiary/aromatic N) is 3. The second-order valence-corrected chi connectivity index (χ2v) is 12.8. The maximum Gasteiger partial charge on any atom is 0.308 e. The third kappa shape index (κ3) is 4.98. The predicted octanol–water partition coefficient (Wildman–Crippen LogP) is 3.43. The molecule has 0 unspecified atom stereocenters. The first-order valence-electron chi connectivity index (χ1n) is 13.1. The highest BCUT2D eigenvalue weighted by Crippen LogP contribution is 2.54. The summed E-state index contributed by atoms with van der Waals surface area (Å²) in [5.74, 6) is -2.22. The molecule has 0 aliphatic carbocycles. The number of imide groups is 1. The molecule has 0 bridgehead atoms. The summed E-state index contributed by atoms with van der Waals surface area (Å²) in [6, 6.07) is 11.8. The number of aromatic nitrogens is 1. The molecule has 3 aliphatic heterocycles. The molecular formula is C28H26BrN3O7S2. The van der Waals surface area contributed by atoms with E-state index in [0.29, 0.717) is 54.1 Å². The van der Waals surface area contributed by atoms with Crippen LogP contribution < -0.4 is 14.5 Å². The summed E-state index contributed by atoms with van der Waals surface area (Å²) >= 11 is 5.55. The van der Waals surface area contributed by atoms with E-state index in [-0.39, 0.29) is 40.6 Å². The zero-order valence-electron chi connectivity index (χ0n) is 21.9. The summed E-state index contributed by atoms with van der Waals surface area (Å²) in [7, 11) is 0. The molecule has 2 aromatic carbocycles. The Kier molecular flexibility index (Phi) is 7.70. The Morgan fingerprint density at radius 2 is 1.83 bits per heavy atom. The van der Waals surface area contributed by atoms with Crippen LogP contribution in [0.1, 0.15) is 23.3 Å². The number of benzene rings is 2.